The van der Waals surface area contributed by atoms with Crippen molar-refractivity contribution in [2.45, 2.75) is 0 Å². The Kier molecular flexibility index (Phi) is 5.20. The Balaban J connectivity index is 1.64. The average molecular weight is 588 g/mol. The molecule has 2 heteroatoms. The highest BCUT2D eigenvalue weighted by molar-refractivity contribution is 9.10. The Morgan fingerprint density at radius 1 is 0.333 bits per heavy atom. The van der Waals surface area contributed by atoms with Crippen LogP contribution in [0.25, 0.3) is 65.3 Å². The van der Waals surface area contributed by atoms with Crippen molar-refractivity contribution in [2.75, 3.05) is 0 Å². The molecule has 0 aliphatic rings. The van der Waals surface area contributed by atoms with Crippen molar-refractivity contribution < 1.29 is 0 Å². The topological polar surface area (TPSA) is 0 Å². The zero-order chi connectivity index (χ0) is 24.2. The molecular weight excluding hydrogens is 568 g/mol. The number of halogens is 2. The third-order valence-corrected chi connectivity index (χ3v) is 8.10. The van der Waals surface area contributed by atoms with Gasteiger partial charge >= 0.3 is 0 Å². The van der Waals surface area contributed by atoms with Crippen LogP contribution in [0.4, 0.5) is 0 Å². The maximum absolute atomic E-state index is 3.76. The molecule has 170 valence electrons. The number of rotatable bonds is 2. The molecule has 0 bridgehead atoms. The molecule has 0 N–H and O–H groups in total. The fraction of sp³-hybridized carbons (Fsp3) is 0. The van der Waals surface area contributed by atoms with E-state index in [4.69, 9.17) is 0 Å². The molecule has 0 fully saturated rings. The molecule has 0 atom stereocenters. The van der Waals surface area contributed by atoms with Gasteiger partial charge in [-0.25, -0.2) is 0 Å². The number of benzene rings is 7. The molecule has 0 nitrogen and oxygen atoms in total. The zero-order valence-electron chi connectivity index (χ0n) is 19.3. The normalized spacial score (nSPS) is 11.6. The van der Waals surface area contributed by atoms with Crippen LogP contribution in [-0.2, 0) is 0 Å². The lowest BCUT2D eigenvalue weighted by Gasteiger charge is -2.19. The maximum Gasteiger partial charge on any atom is 0.0181 e. The van der Waals surface area contributed by atoms with Gasteiger partial charge in [0.15, 0.2) is 0 Å². The molecule has 0 saturated carbocycles. The van der Waals surface area contributed by atoms with Crippen molar-refractivity contribution in [3.63, 3.8) is 0 Å². The first-order valence-electron chi connectivity index (χ1n) is 12.0. The van der Waals surface area contributed by atoms with Crippen LogP contribution in [0.1, 0.15) is 0 Å². The van der Waals surface area contributed by atoms with Gasteiger partial charge in [0.2, 0.25) is 0 Å². The van der Waals surface area contributed by atoms with E-state index in [9.17, 15) is 0 Å². The fourth-order valence-corrected chi connectivity index (χ4v) is 6.21. The smallest absolute Gasteiger partial charge is 0.0181 e. The highest BCUT2D eigenvalue weighted by Crippen LogP contribution is 2.45. The second-order valence-electron chi connectivity index (χ2n) is 9.25. The SMILES string of the molecule is Brc1ccc2c(-c3ccc4ccccc4c3)c3cc(Br)ccc3c(-c3ccc4ccccc4c3)c2c1. The standard InChI is InChI=1S/C34H20Br2/c35-27-14-16-30-31(19-27)33(25-11-9-21-5-1-3-7-23(21)17-25)29-15-13-28(36)20-32(29)34(30)26-12-10-22-6-2-4-8-24(22)18-26/h1-20H. The molecule has 0 aliphatic carbocycles. The summed E-state index contributed by atoms with van der Waals surface area (Å²) in [6, 6.07) is 44.1. The van der Waals surface area contributed by atoms with Gasteiger partial charge in [-0.1, -0.05) is 117 Å². The summed E-state index contributed by atoms with van der Waals surface area (Å²) < 4.78 is 2.16. The van der Waals surface area contributed by atoms with Gasteiger partial charge in [-0.05, 0) is 102 Å². The highest BCUT2D eigenvalue weighted by atomic mass is 79.9. The lowest BCUT2D eigenvalue weighted by Crippen LogP contribution is -1.92. The lowest BCUT2D eigenvalue weighted by molar-refractivity contribution is 1.65. The Labute approximate surface area is 226 Å². The first kappa shape index (κ1) is 21.8. The molecule has 36 heavy (non-hydrogen) atoms. The Morgan fingerprint density at radius 2 is 0.750 bits per heavy atom. The molecule has 0 radical (unpaired) electrons. The predicted molar refractivity (Wildman–Crippen MR) is 163 cm³/mol. The number of fused-ring (bicyclic) bond motifs is 4. The van der Waals surface area contributed by atoms with E-state index in [1.54, 1.807) is 0 Å². The summed E-state index contributed by atoms with van der Waals surface area (Å²) in [7, 11) is 0. The predicted octanol–water partition coefficient (Wildman–Crippen LogP) is 11.2. The molecule has 0 heterocycles. The van der Waals surface area contributed by atoms with Crippen LogP contribution in [0.3, 0.4) is 0 Å². The summed E-state index contributed by atoms with van der Waals surface area (Å²) in [6.45, 7) is 0. The quantitative estimate of drug-likeness (QED) is 0.176. The fourth-order valence-electron chi connectivity index (χ4n) is 5.48. The first-order valence-corrected chi connectivity index (χ1v) is 13.6. The molecule has 7 aromatic carbocycles. The third kappa shape index (κ3) is 3.56. The summed E-state index contributed by atoms with van der Waals surface area (Å²) in [5.41, 5.74) is 5.00. The summed E-state index contributed by atoms with van der Waals surface area (Å²) in [5, 5.41) is 10.0. The second-order valence-corrected chi connectivity index (χ2v) is 11.1. The van der Waals surface area contributed by atoms with E-state index in [-0.39, 0.29) is 0 Å². The monoisotopic (exact) mass is 586 g/mol. The molecule has 7 rings (SSSR count). The summed E-state index contributed by atoms with van der Waals surface area (Å²) in [6.07, 6.45) is 0. The van der Waals surface area contributed by atoms with E-state index in [0.29, 0.717) is 0 Å². The average Bonchev–Trinajstić information content (AvgIpc) is 2.91. The molecule has 0 saturated heterocycles. The minimum absolute atomic E-state index is 1.08. The van der Waals surface area contributed by atoms with E-state index < -0.39 is 0 Å². The van der Waals surface area contributed by atoms with Crippen molar-refractivity contribution in [1.82, 2.24) is 0 Å². The molecule has 0 unspecified atom stereocenters. The second kappa shape index (κ2) is 8.58. The summed E-state index contributed by atoms with van der Waals surface area (Å²) in [5.74, 6) is 0. The van der Waals surface area contributed by atoms with Crippen LogP contribution in [0.5, 0.6) is 0 Å². The third-order valence-electron chi connectivity index (χ3n) is 7.12. The van der Waals surface area contributed by atoms with E-state index in [2.05, 4.69) is 153 Å². The highest BCUT2D eigenvalue weighted by Gasteiger charge is 2.18. The van der Waals surface area contributed by atoms with Gasteiger partial charge in [-0.15, -0.1) is 0 Å². The van der Waals surface area contributed by atoms with E-state index in [1.807, 2.05) is 0 Å². The van der Waals surface area contributed by atoms with Gasteiger partial charge in [0.25, 0.3) is 0 Å². The zero-order valence-corrected chi connectivity index (χ0v) is 22.5. The van der Waals surface area contributed by atoms with Crippen LogP contribution >= 0.6 is 31.9 Å². The van der Waals surface area contributed by atoms with Crippen LogP contribution in [0.15, 0.2) is 130 Å². The number of hydrogen-bond acceptors (Lipinski definition) is 0. The minimum Gasteiger partial charge on any atom is -0.0616 e. The largest absolute Gasteiger partial charge is 0.0616 e. The van der Waals surface area contributed by atoms with E-state index in [0.717, 1.165) is 8.95 Å². The van der Waals surface area contributed by atoms with Crippen molar-refractivity contribution in [1.29, 1.82) is 0 Å². The van der Waals surface area contributed by atoms with Crippen LogP contribution in [0.2, 0.25) is 0 Å². The Bertz CT molecular complexity index is 1820. The van der Waals surface area contributed by atoms with Gasteiger partial charge < -0.3 is 0 Å². The van der Waals surface area contributed by atoms with Gasteiger partial charge in [0.05, 0.1) is 0 Å². The van der Waals surface area contributed by atoms with Gasteiger partial charge in [-0.2, -0.15) is 0 Å². The van der Waals surface area contributed by atoms with Gasteiger partial charge in [0, 0.05) is 8.95 Å². The van der Waals surface area contributed by atoms with E-state index in [1.165, 1.54) is 65.3 Å². The van der Waals surface area contributed by atoms with Crippen molar-refractivity contribution in [3.8, 4) is 22.3 Å². The molecule has 0 spiro atoms. The van der Waals surface area contributed by atoms with Gasteiger partial charge in [-0.3, -0.25) is 0 Å². The molecule has 0 aromatic heterocycles. The summed E-state index contributed by atoms with van der Waals surface area (Å²) in [4.78, 5) is 0. The molecule has 0 amide bonds. The van der Waals surface area contributed by atoms with Crippen LogP contribution in [0, 0.1) is 0 Å². The lowest BCUT2D eigenvalue weighted by atomic mass is 9.85. The molecule has 0 aliphatic heterocycles. The number of hydrogen-bond donors (Lipinski definition) is 0. The van der Waals surface area contributed by atoms with E-state index >= 15 is 0 Å². The maximum atomic E-state index is 3.76. The van der Waals surface area contributed by atoms with Crippen molar-refractivity contribution in [3.05, 3.63) is 130 Å². The Morgan fingerprint density at radius 3 is 1.19 bits per heavy atom. The summed E-state index contributed by atoms with van der Waals surface area (Å²) >= 11 is 7.52. The van der Waals surface area contributed by atoms with Crippen molar-refractivity contribution >= 4 is 74.9 Å². The minimum atomic E-state index is 1.08. The van der Waals surface area contributed by atoms with Crippen molar-refractivity contribution in [2.24, 2.45) is 0 Å². The Hall–Kier alpha value is -3.46. The molecule has 7 aromatic rings. The van der Waals surface area contributed by atoms with Gasteiger partial charge in [0.1, 0.15) is 0 Å². The first-order chi connectivity index (χ1) is 17.7. The molecular formula is C34H20Br2. The van der Waals surface area contributed by atoms with Crippen LogP contribution in [-0.4, -0.2) is 0 Å². The van der Waals surface area contributed by atoms with Crippen LogP contribution < -0.4 is 0 Å².